The molecule has 1 heterocycles. The first kappa shape index (κ1) is 14.2. The molecule has 1 aromatic heterocycles. The van der Waals surface area contributed by atoms with Gasteiger partial charge in [-0.3, -0.25) is 0 Å². The first-order valence-electron chi connectivity index (χ1n) is 5.97. The Kier molecular flexibility index (Phi) is 4.02. The average molecular weight is 298 g/mol. The highest BCUT2D eigenvalue weighted by Gasteiger charge is 2.16. The Labute approximate surface area is 121 Å². The Morgan fingerprint density at radius 3 is 2.84 bits per heavy atom. The summed E-state index contributed by atoms with van der Waals surface area (Å²) in [6, 6.07) is 5.77. The van der Waals surface area contributed by atoms with E-state index in [9.17, 15) is 4.79 Å². The highest BCUT2D eigenvalue weighted by molar-refractivity contribution is 7.17. The molecule has 0 aliphatic carbocycles. The molecule has 5 heteroatoms. The molecule has 0 aliphatic rings. The Morgan fingerprint density at radius 1 is 1.42 bits per heavy atom. The number of benzene rings is 1. The molecule has 0 aliphatic heterocycles. The molecule has 0 saturated heterocycles. The zero-order chi connectivity index (χ0) is 14.0. The van der Waals surface area contributed by atoms with Gasteiger partial charge in [0.25, 0.3) is 0 Å². The summed E-state index contributed by atoms with van der Waals surface area (Å²) in [5.41, 5.74) is 0.567. The van der Waals surface area contributed by atoms with E-state index in [2.05, 4.69) is 5.32 Å². The van der Waals surface area contributed by atoms with Crippen molar-refractivity contribution in [1.29, 1.82) is 0 Å². The van der Waals surface area contributed by atoms with Gasteiger partial charge in [0.15, 0.2) is 0 Å². The number of ether oxygens (including phenoxy) is 1. The van der Waals surface area contributed by atoms with Crippen LogP contribution in [0.5, 0.6) is 0 Å². The van der Waals surface area contributed by atoms with Crippen LogP contribution in [0.4, 0.5) is 4.79 Å². The van der Waals surface area contributed by atoms with Gasteiger partial charge in [-0.15, -0.1) is 11.3 Å². The molecule has 0 spiro atoms. The molecule has 1 N–H and O–H groups in total. The smallest absolute Gasteiger partial charge is 0.407 e. The van der Waals surface area contributed by atoms with Gasteiger partial charge in [0, 0.05) is 16.3 Å². The van der Waals surface area contributed by atoms with Gasteiger partial charge in [-0.25, -0.2) is 4.79 Å². The predicted molar refractivity (Wildman–Crippen MR) is 79.9 cm³/mol. The summed E-state index contributed by atoms with van der Waals surface area (Å²) in [6.45, 7) is 5.96. The Morgan fingerprint density at radius 2 is 2.16 bits per heavy atom. The van der Waals surface area contributed by atoms with E-state index in [-0.39, 0.29) is 0 Å². The van der Waals surface area contributed by atoms with Gasteiger partial charge < -0.3 is 10.1 Å². The Balaban J connectivity index is 2.06. The molecule has 1 aromatic carbocycles. The monoisotopic (exact) mass is 297 g/mol. The third-order valence-electron chi connectivity index (χ3n) is 2.44. The van der Waals surface area contributed by atoms with E-state index in [4.69, 9.17) is 16.3 Å². The van der Waals surface area contributed by atoms with Crippen molar-refractivity contribution in [2.24, 2.45) is 0 Å². The van der Waals surface area contributed by atoms with Crippen molar-refractivity contribution in [1.82, 2.24) is 5.32 Å². The van der Waals surface area contributed by atoms with Gasteiger partial charge in [-0.2, -0.15) is 0 Å². The minimum absolute atomic E-state index is 0.408. The number of hydrogen-bond acceptors (Lipinski definition) is 3. The molecule has 2 aromatic rings. The highest BCUT2D eigenvalue weighted by Crippen LogP contribution is 2.28. The predicted octanol–water partition coefficient (Wildman–Crippen LogP) is 4.58. The molecular formula is C14H16ClNO2S. The standard InChI is InChI=1S/C14H16ClNO2S/c1-14(2,3)18-13(17)16-7-9-8-19-12-5-4-10(15)6-11(9)12/h4-6,8H,7H2,1-3H3,(H,16,17). The first-order valence-corrected chi connectivity index (χ1v) is 7.23. The third-order valence-corrected chi connectivity index (χ3v) is 3.69. The molecule has 2 rings (SSSR count). The lowest BCUT2D eigenvalue weighted by molar-refractivity contribution is 0.0524. The number of rotatable bonds is 2. The Bertz CT molecular complexity index is 601. The SMILES string of the molecule is CC(C)(C)OC(=O)NCc1csc2ccc(Cl)cc12. The molecule has 1 amide bonds. The molecule has 102 valence electrons. The van der Waals surface area contributed by atoms with Crippen molar-refractivity contribution in [2.75, 3.05) is 0 Å². The molecule has 0 unspecified atom stereocenters. The van der Waals surface area contributed by atoms with Crippen LogP contribution >= 0.6 is 22.9 Å². The molecule has 0 radical (unpaired) electrons. The number of fused-ring (bicyclic) bond motifs is 1. The number of alkyl carbamates (subject to hydrolysis) is 1. The van der Waals surface area contributed by atoms with Crippen molar-refractivity contribution in [3.63, 3.8) is 0 Å². The number of nitrogens with one attached hydrogen (secondary N) is 1. The zero-order valence-corrected chi connectivity index (χ0v) is 12.7. The number of amides is 1. The average Bonchev–Trinajstić information content (AvgIpc) is 2.66. The van der Waals surface area contributed by atoms with E-state index in [0.717, 1.165) is 15.6 Å². The molecule has 0 fully saturated rings. The number of carbonyl (C=O) groups is 1. The van der Waals surface area contributed by atoms with Gasteiger partial charge in [0.05, 0.1) is 0 Å². The molecule has 3 nitrogen and oxygen atoms in total. The maximum absolute atomic E-state index is 11.6. The number of hydrogen-bond donors (Lipinski definition) is 1. The summed E-state index contributed by atoms with van der Waals surface area (Å²) in [4.78, 5) is 11.6. The summed E-state index contributed by atoms with van der Waals surface area (Å²) in [6.07, 6.45) is -0.408. The van der Waals surface area contributed by atoms with Crippen LogP contribution in [0.25, 0.3) is 10.1 Å². The van der Waals surface area contributed by atoms with Crippen molar-refractivity contribution in [3.05, 3.63) is 34.2 Å². The quantitative estimate of drug-likeness (QED) is 0.881. The molecular weight excluding hydrogens is 282 g/mol. The normalized spacial score (nSPS) is 11.6. The van der Waals surface area contributed by atoms with Crippen LogP contribution in [-0.4, -0.2) is 11.7 Å². The fraction of sp³-hybridized carbons (Fsp3) is 0.357. The van der Waals surface area contributed by atoms with E-state index >= 15 is 0 Å². The molecule has 0 atom stereocenters. The van der Waals surface area contributed by atoms with Gasteiger partial charge in [-0.05, 0) is 55.3 Å². The highest BCUT2D eigenvalue weighted by atomic mass is 35.5. The zero-order valence-electron chi connectivity index (χ0n) is 11.1. The lowest BCUT2D eigenvalue weighted by Crippen LogP contribution is -2.32. The molecule has 0 saturated carbocycles. The summed E-state index contributed by atoms with van der Waals surface area (Å²) in [7, 11) is 0. The van der Waals surface area contributed by atoms with Gasteiger partial charge in [0.1, 0.15) is 5.60 Å². The van der Waals surface area contributed by atoms with Crippen LogP contribution in [0.3, 0.4) is 0 Å². The van der Waals surface area contributed by atoms with Crippen LogP contribution in [0, 0.1) is 0 Å². The van der Waals surface area contributed by atoms with E-state index < -0.39 is 11.7 Å². The van der Waals surface area contributed by atoms with Crippen LogP contribution in [0.1, 0.15) is 26.3 Å². The van der Waals surface area contributed by atoms with Gasteiger partial charge in [0.2, 0.25) is 0 Å². The third kappa shape index (κ3) is 3.85. The van der Waals surface area contributed by atoms with Crippen LogP contribution in [-0.2, 0) is 11.3 Å². The maximum Gasteiger partial charge on any atom is 0.407 e. The van der Waals surface area contributed by atoms with E-state index in [1.807, 2.05) is 44.4 Å². The van der Waals surface area contributed by atoms with Crippen molar-refractivity contribution in [2.45, 2.75) is 32.9 Å². The fourth-order valence-corrected chi connectivity index (χ4v) is 2.79. The largest absolute Gasteiger partial charge is 0.444 e. The summed E-state index contributed by atoms with van der Waals surface area (Å²) < 4.78 is 6.36. The molecule has 19 heavy (non-hydrogen) atoms. The first-order chi connectivity index (χ1) is 8.85. The number of halogens is 1. The number of carbonyl (C=O) groups excluding carboxylic acids is 1. The van der Waals surface area contributed by atoms with Crippen LogP contribution in [0.15, 0.2) is 23.6 Å². The van der Waals surface area contributed by atoms with E-state index in [0.29, 0.717) is 11.6 Å². The number of thiophene rings is 1. The second kappa shape index (κ2) is 5.39. The second-order valence-electron chi connectivity index (χ2n) is 5.26. The maximum atomic E-state index is 11.6. The van der Waals surface area contributed by atoms with Crippen LogP contribution < -0.4 is 5.32 Å². The van der Waals surface area contributed by atoms with Crippen LogP contribution in [0.2, 0.25) is 5.02 Å². The van der Waals surface area contributed by atoms with Crippen molar-refractivity contribution in [3.8, 4) is 0 Å². The summed E-state index contributed by atoms with van der Waals surface area (Å²) in [5, 5.41) is 6.56. The van der Waals surface area contributed by atoms with Crippen molar-refractivity contribution >= 4 is 39.1 Å². The minimum atomic E-state index is -0.482. The molecule has 0 bridgehead atoms. The summed E-state index contributed by atoms with van der Waals surface area (Å²) in [5.74, 6) is 0. The second-order valence-corrected chi connectivity index (χ2v) is 6.60. The Hall–Kier alpha value is -1.26. The summed E-state index contributed by atoms with van der Waals surface area (Å²) >= 11 is 7.63. The lowest BCUT2D eigenvalue weighted by Gasteiger charge is -2.19. The van der Waals surface area contributed by atoms with Gasteiger partial charge >= 0.3 is 6.09 Å². The fourth-order valence-electron chi connectivity index (χ4n) is 1.67. The minimum Gasteiger partial charge on any atom is -0.444 e. The van der Waals surface area contributed by atoms with E-state index in [1.54, 1.807) is 11.3 Å². The van der Waals surface area contributed by atoms with Gasteiger partial charge in [-0.1, -0.05) is 11.6 Å². The lowest BCUT2D eigenvalue weighted by atomic mass is 10.2. The topological polar surface area (TPSA) is 38.3 Å². The van der Waals surface area contributed by atoms with E-state index in [1.165, 1.54) is 0 Å². The van der Waals surface area contributed by atoms with Crippen molar-refractivity contribution < 1.29 is 9.53 Å².